The molecule has 0 fully saturated rings. The van der Waals surface area contributed by atoms with Crippen LogP contribution in [0, 0.1) is 0 Å². The maximum Gasteiger partial charge on any atom is 0.274 e. The number of hydrogen-bond donors (Lipinski definition) is 2. The van der Waals surface area contributed by atoms with Crippen molar-refractivity contribution in [1.82, 2.24) is 9.97 Å². The van der Waals surface area contributed by atoms with Crippen LogP contribution in [0.15, 0.2) is 60.9 Å². The number of methoxy groups -OCH3 is 1. The van der Waals surface area contributed by atoms with Gasteiger partial charge in [-0.1, -0.05) is 17.6 Å². The van der Waals surface area contributed by atoms with Crippen LogP contribution in [0.4, 0.5) is 17.1 Å². The molecule has 122 valence electrons. The van der Waals surface area contributed by atoms with Gasteiger partial charge in [0.2, 0.25) is 5.88 Å². The second kappa shape index (κ2) is 7.48. The zero-order chi connectivity index (χ0) is 17.6. The fraction of sp³-hybridized carbons (Fsp3) is 0.0556. The molecule has 2 radical (unpaired) electrons. The van der Waals surface area contributed by atoms with Gasteiger partial charge in [0.05, 0.1) is 30.4 Å². The van der Waals surface area contributed by atoms with Gasteiger partial charge in [0, 0.05) is 12.3 Å². The van der Waals surface area contributed by atoms with Crippen LogP contribution in [0.2, 0.25) is 0 Å². The number of anilines is 3. The molecule has 0 atom stereocenters. The van der Waals surface area contributed by atoms with Gasteiger partial charge in [0.25, 0.3) is 5.91 Å². The molecule has 25 heavy (non-hydrogen) atoms. The Labute approximate surface area is 146 Å². The lowest BCUT2D eigenvalue weighted by atomic mass is 9.95. The topological polar surface area (TPSA) is 76.1 Å². The monoisotopic (exact) mass is 330 g/mol. The first kappa shape index (κ1) is 16.5. The molecule has 6 nitrogen and oxygen atoms in total. The smallest absolute Gasteiger partial charge is 0.274 e. The van der Waals surface area contributed by atoms with Crippen molar-refractivity contribution in [2.24, 2.45) is 0 Å². The molecule has 0 aliphatic carbocycles. The van der Waals surface area contributed by atoms with Crippen LogP contribution < -0.4 is 20.8 Å². The van der Waals surface area contributed by atoms with Crippen molar-refractivity contribution in [3.63, 3.8) is 0 Å². The molecule has 0 unspecified atom stereocenters. The summed E-state index contributed by atoms with van der Waals surface area (Å²) in [5, 5.41) is 6.02. The standard InChI is InChI=1S/C18H15BN4O2/c1-25-17-8-6-13(11-21-17)22-14-7-5-12(19)10-16(14)23-18(24)15-4-2-3-9-20-15/h2-11,22H,1H3,(H,23,24). The molecule has 0 bridgehead atoms. The lowest BCUT2D eigenvalue weighted by Crippen LogP contribution is -2.16. The van der Waals surface area contributed by atoms with Crippen LogP contribution in [0.5, 0.6) is 5.88 Å². The van der Waals surface area contributed by atoms with Crippen molar-refractivity contribution >= 4 is 36.3 Å². The molecule has 2 heterocycles. The average Bonchev–Trinajstić information content (AvgIpc) is 2.65. The Hall–Kier alpha value is -3.35. The Morgan fingerprint density at radius 2 is 1.96 bits per heavy atom. The Morgan fingerprint density at radius 1 is 1.08 bits per heavy atom. The van der Waals surface area contributed by atoms with Gasteiger partial charge < -0.3 is 15.4 Å². The van der Waals surface area contributed by atoms with Crippen LogP contribution in [-0.2, 0) is 0 Å². The number of benzene rings is 1. The van der Waals surface area contributed by atoms with Crippen LogP contribution >= 0.6 is 0 Å². The minimum absolute atomic E-state index is 0.317. The van der Waals surface area contributed by atoms with E-state index in [-0.39, 0.29) is 5.91 Å². The molecule has 3 aromatic rings. The number of amides is 1. The molecule has 2 N–H and O–H groups in total. The van der Waals surface area contributed by atoms with Gasteiger partial charge in [0.15, 0.2) is 0 Å². The van der Waals surface area contributed by atoms with Gasteiger partial charge in [-0.05, 0) is 30.3 Å². The summed E-state index contributed by atoms with van der Waals surface area (Å²) in [6.45, 7) is 0. The minimum Gasteiger partial charge on any atom is -0.481 e. The number of carbonyl (C=O) groups excluding carboxylic acids is 1. The number of ether oxygens (including phenoxy) is 1. The number of nitrogens with zero attached hydrogens (tertiary/aromatic N) is 2. The van der Waals surface area contributed by atoms with Crippen LogP contribution in [0.25, 0.3) is 0 Å². The lowest BCUT2D eigenvalue weighted by molar-refractivity contribution is 0.102. The summed E-state index contributed by atoms with van der Waals surface area (Å²) in [4.78, 5) is 20.5. The number of aromatic nitrogens is 2. The van der Waals surface area contributed by atoms with Crippen molar-refractivity contribution in [1.29, 1.82) is 0 Å². The lowest BCUT2D eigenvalue weighted by Gasteiger charge is -2.14. The maximum absolute atomic E-state index is 12.3. The van der Waals surface area contributed by atoms with Gasteiger partial charge in [-0.2, -0.15) is 0 Å². The summed E-state index contributed by atoms with van der Waals surface area (Å²) in [5.41, 5.74) is 2.84. The predicted molar refractivity (Wildman–Crippen MR) is 98.1 cm³/mol. The molecule has 2 aromatic heterocycles. The van der Waals surface area contributed by atoms with Crippen molar-refractivity contribution in [3.05, 3.63) is 66.6 Å². The minimum atomic E-state index is -0.317. The van der Waals surface area contributed by atoms with Crippen LogP contribution in [-0.4, -0.2) is 30.8 Å². The Morgan fingerprint density at radius 3 is 2.64 bits per heavy atom. The van der Waals surface area contributed by atoms with E-state index in [2.05, 4.69) is 20.6 Å². The van der Waals surface area contributed by atoms with E-state index in [1.54, 1.807) is 62.0 Å². The number of carbonyl (C=O) groups is 1. The Bertz CT molecular complexity index is 870. The quantitative estimate of drug-likeness (QED) is 0.702. The largest absolute Gasteiger partial charge is 0.481 e. The zero-order valence-corrected chi connectivity index (χ0v) is 13.6. The second-order valence-electron chi connectivity index (χ2n) is 5.19. The first-order chi connectivity index (χ1) is 12.2. The summed E-state index contributed by atoms with van der Waals surface area (Å²) in [7, 11) is 7.41. The van der Waals surface area contributed by atoms with Gasteiger partial charge >= 0.3 is 0 Å². The fourth-order valence-electron chi connectivity index (χ4n) is 2.19. The van der Waals surface area contributed by atoms with Gasteiger partial charge in [-0.25, -0.2) is 4.98 Å². The fourth-order valence-corrected chi connectivity index (χ4v) is 2.19. The summed E-state index contributed by atoms with van der Waals surface area (Å²) < 4.78 is 5.04. The Balaban J connectivity index is 1.83. The van der Waals surface area contributed by atoms with E-state index in [1.165, 1.54) is 0 Å². The van der Waals surface area contributed by atoms with Crippen molar-refractivity contribution in [2.75, 3.05) is 17.7 Å². The van der Waals surface area contributed by atoms with Crippen LogP contribution in [0.1, 0.15) is 10.5 Å². The van der Waals surface area contributed by atoms with Crippen molar-refractivity contribution in [2.45, 2.75) is 0 Å². The summed E-state index contributed by atoms with van der Waals surface area (Å²) >= 11 is 0. The molecule has 3 rings (SSSR count). The van der Waals surface area contributed by atoms with E-state index in [4.69, 9.17) is 12.6 Å². The van der Waals surface area contributed by atoms with Gasteiger partial charge in [0.1, 0.15) is 13.5 Å². The molecular formula is C18H15BN4O2. The number of pyridine rings is 2. The van der Waals surface area contributed by atoms with E-state index in [1.807, 2.05) is 6.07 Å². The van der Waals surface area contributed by atoms with Crippen molar-refractivity contribution in [3.8, 4) is 5.88 Å². The number of hydrogen-bond acceptors (Lipinski definition) is 5. The number of rotatable bonds is 5. The maximum atomic E-state index is 12.3. The highest BCUT2D eigenvalue weighted by Crippen LogP contribution is 2.25. The summed E-state index contributed by atoms with van der Waals surface area (Å²) in [6, 6.07) is 13.9. The predicted octanol–water partition coefficient (Wildman–Crippen LogP) is 2.27. The molecule has 0 saturated carbocycles. The summed E-state index contributed by atoms with van der Waals surface area (Å²) in [6.07, 6.45) is 3.20. The highest BCUT2D eigenvalue weighted by Gasteiger charge is 2.10. The van der Waals surface area contributed by atoms with Crippen molar-refractivity contribution < 1.29 is 9.53 Å². The van der Waals surface area contributed by atoms with Gasteiger partial charge in [-0.15, -0.1) is 0 Å². The third-order valence-electron chi connectivity index (χ3n) is 3.41. The zero-order valence-electron chi connectivity index (χ0n) is 13.6. The first-order valence-electron chi connectivity index (χ1n) is 7.54. The molecule has 0 spiro atoms. The average molecular weight is 330 g/mol. The normalized spacial score (nSPS) is 10.1. The van der Waals surface area contributed by atoms with Gasteiger partial charge in [-0.3, -0.25) is 9.78 Å². The molecule has 0 aliphatic heterocycles. The molecule has 0 saturated heterocycles. The van der Waals surface area contributed by atoms with E-state index in [0.717, 1.165) is 5.69 Å². The number of nitrogens with one attached hydrogen (secondary N) is 2. The highest BCUT2D eigenvalue weighted by molar-refractivity contribution is 6.33. The van der Waals surface area contributed by atoms with Crippen LogP contribution in [0.3, 0.4) is 0 Å². The molecular weight excluding hydrogens is 315 g/mol. The molecule has 1 amide bonds. The Kier molecular flexibility index (Phi) is 4.94. The van der Waals surface area contributed by atoms with E-state index in [9.17, 15) is 4.79 Å². The molecule has 7 heteroatoms. The van der Waals surface area contributed by atoms with E-state index >= 15 is 0 Å². The second-order valence-corrected chi connectivity index (χ2v) is 5.19. The van der Waals surface area contributed by atoms with E-state index in [0.29, 0.717) is 28.4 Å². The van der Waals surface area contributed by atoms with E-state index < -0.39 is 0 Å². The molecule has 1 aromatic carbocycles. The highest BCUT2D eigenvalue weighted by atomic mass is 16.5. The molecule has 0 aliphatic rings. The first-order valence-corrected chi connectivity index (χ1v) is 7.54. The summed E-state index contributed by atoms with van der Waals surface area (Å²) in [5.74, 6) is 0.202. The third-order valence-corrected chi connectivity index (χ3v) is 3.41. The third kappa shape index (κ3) is 4.14. The SMILES string of the molecule is [B]c1ccc(Nc2ccc(OC)nc2)c(NC(=O)c2ccccn2)c1.